The van der Waals surface area contributed by atoms with Crippen LogP contribution in [0.1, 0.15) is 52.4 Å². The summed E-state index contributed by atoms with van der Waals surface area (Å²) in [5.74, 6) is 1.04. The second-order valence-electron chi connectivity index (χ2n) is 5.70. The van der Waals surface area contributed by atoms with Gasteiger partial charge in [-0.2, -0.15) is 0 Å². The fourth-order valence-electron chi connectivity index (χ4n) is 3.31. The summed E-state index contributed by atoms with van der Waals surface area (Å²) in [5, 5.41) is 3.40. The number of amides is 1. The van der Waals surface area contributed by atoms with Crippen molar-refractivity contribution in [2.45, 2.75) is 64.5 Å². The highest BCUT2D eigenvalue weighted by Gasteiger charge is 2.32. The molecule has 1 aliphatic carbocycles. The van der Waals surface area contributed by atoms with Crippen LogP contribution in [0.4, 0.5) is 0 Å². The SMILES string of the molecule is CCN(C(=O)C1CC(C)CCN1)C1CCCC1. The first-order chi connectivity index (χ1) is 8.22. The smallest absolute Gasteiger partial charge is 0.239 e. The summed E-state index contributed by atoms with van der Waals surface area (Å²) in [7, 11) is 0. The molecule has 2 aliphatic rings. The van der Waals surface area contributed by atoms with Gasteiger partial charge in [-0.1, -0.05) is 19.8 Å². The van der Waals surface area contributed by atoms with Crippen molar-refractivity contribution in [1.82, 2.24) is 10.2 Å². The lowest BCUT2D eigenvalue weighted by atomic mass is 9.93. The molecule has 3 nitrogen and oxygen atoms in total. The minimum absolute atomic E-state index is 0.0827. The third-order valence-corrected chi connectivity index (χ3v) is 4.35. The zero-order chi connectivity index (χ0) is 12.3. The van der Waals surface area contributed by atoms with Gasteiger partial charge in [-0.05, 0) is 45.1 Å². The van der Waals surface area contributed by atoms with E-state index in [1.54, 1.807) is 0 Å². The standard InChI is InChI=1S/C14H26N2O/c1-3-16(12-6-4-5-7-12)14(17)13-10-11(2)8-9-15-13/h11-13,15H,3-10H2,1-2H3. The molecular weight excluding hydrogens is 212 g/mol. The lowest BCUT2D eigenvalue weighted by molar-refractivity contribution is -0.136. The Balaban J connectivity index is 1.95. The fraction of sp³-hybridized carbons (Fsp3) is 0.929. The topological polar surface area (TPSA) is 32.3 Å². The van der Waals surface area contributed by atoms with E-state index in [9.17, 15) is 4.79 Å². The van der Waals surface area contributed by atoms with E-state index in [0.717, 1.165) is 19.5 Å². The molecule has 98 valence electrons. The molecule has 1 heterocycles. The molecule has 0 bridgehead atoms. The molecule has 0 spiro atoms. The van der Waals surface area contributed by atoms with Crippen LogP contribution in [0.5, 0.6) is 0 Å². The Morgan fingerprint density at radius 1 is 1.29 bits per heavy atom. The van der Waals surface area contributed by atoms with E-state index >= 15 is 0 Å². The van der Waals surface area contributed by atoms with Crippen LogP contribution in [0.3, 0.4) is 0 Å². The van der Waals surface area contributed by atoms with Gasteiger partial charge >= 0.3 is 0 Å². The average Bonchev–Trinajstić information content (AvgIpc) is 2.83. The molecule has 1 aliphatic heterocycles. The molecule has 17 heavy (non-hydrogen) atoms. The number of likely N-dealkylation sites (N-methyl/N-ethyl adjacent to an activating group) is 1. The number of nitrogens with one attached hydrogen (secondary N) is 1. The molecule has 2 rings (SSSR count). The Hall–Kier alpha value is -0.570. The second kappa shape index (κ2) is 5.85. The van der Waals surface area contributed by atoms with E-state index < -0.39 is 0 Å². The highest BCUT2D eigenvalue weighted by atomic mass is 16.2. The zero-order valence-corrected chi connectivity index (χ0v) is 11.2. The molecule has 0 aromatic heterocycles. The van der Waals surface area contributed by atoms with E-state index in [4.69, 9.17) is 0 Å². The van der Waals surface area contributed by atoms with E-state index in [1.807, 2.05) is 0 Å². The maximum atomic E-state index is 12.5. The number of rotatable bonds is 3. The highest BCUT2D eigenvalue weighted by molar-refractivity contribution is 5.82. The Labute approximate surface area is 105 Å². The quantitative estimate of drug-likeness (QED) is 0.817. The molecule has 1 saturated heterocycles. The van der Waals surface area contributed by atoms with Crippen molar-refractivity contribution in [2.24, 2.45) is 5.92 Å². The normalized spacial score (nSPS) is 30.5. The summed E-state index contributed by atoms with van der Waals surface area (Å²) in [6.07, 6.45) is 7.23. The van der Waals surface area contributed by atoms with Gasteiger partial charge in [0, 0.05) is 12.6 Å². The first kappa shape index (κ1) is 12.9. The van der Waals surface area contributed by atoms with Crippen molar-refractivity contribution < 1.29 is 4.79 Å². The minimum Gasteiger partial charge on any atom is -0.339 e. The maximum absolute atomic E-state index is 12.5. The van der Waals surface area contributed by atoms with Gasteiger partial charge < -0.3 is 10.2 Å². The third-order valence-electron chi connectivity index (χ3n) is 4.35. The molecule has 1 N–H and O–H groups in total. The van der Waals surface area contributed by atoms with E-state index in [0.29, 0.717) is 17.9 Å². The van der Waals surface area contributed by atoms with Gasteiger partial charge in [0.05, 0.1) is 6.04 Å². The van der Waals surface area contributed by atoms with Crippen molar-refractivity contribution in [3.63, 3.8) is 0 Å². The molecule has 0 aromatic carbocycles. The molecule has 2 atom stereocenters. The van der Waals surface area contributed by atoms with Crippen molar-refractivity contribution in [3.05, 3.63) is 0 Å². The minimum atomic E-state index is 0.0827. The summed E-state index contributed by atoms with van der Waals surface area (Å²) in [6.45, 7) is 6.24. The molecule has 1 amide bonds. The van der Waals surface area contributed by atoms with Gasteiger partial charge in [0.1, 0.15) is 0 Å². The van der Waals surface area contributed by atoms with Crippen LogP contribution in [-0.4, -0.2) is 36.0 Å². The van der Waals surface area contributed by atoms with Crippen molar-refractivity contribution in [2.75, 3.05) is 13.1 Å². The van der Waals surface area contributed by atoms with Gasteiger partial charge in [-0.15, -0.1) is 0 Å². The predicted molar refractivity (Wildman–Crippen MR) is 69.8 cm³/mol. The van der Waals surface area contributed by atoms with Gasteiger partial charge in [0.15, 0.2) is 0 Å². The number of carbonyl (C=O) groups excluding carboxylic acids is 1. The number of nitrogens with zero attached hydrogens (tertiary/aromatic N) is 1. The van der Waals surface area contributed by atoms with Crippen molar-refractivity contribution in [3.8, 4) is 0 Å². The van der Waals surface area contributed by atoms with Crippen LogP contribution in [0.25, 0.3) is 0 Å². The summed E-state index contributed by atoms with van der Waals surface area (Å²) in [6, 6.07) is 0.603. The molecular formula is C14H26N2O. The van der Waals surface area contributed by atoms with E-state index in [-0.39, 0.29) is 6.04 Å². The Morgan fingerprint density at radius 3 is 2.59 bits per heavy atom. The van der Waals surface area contributed by atoms with Crippen LogP contribution in [0.15, 0.2) is 0 Å². The summed E-state index contributed by atoms with van der Waals surface area (Å²) >= 11 is 0. The predicted octanol–water partition coefficient (Wildman–Crippen LogP) is 2.17. The number of carbonyl (C=O) groups is 1. The van der Waals surface area contributed by atoms with E-state index in [1.165, 1.54) is 32.1 Å². The number of piperidine rings is 1. The van der Waals surface area contributed by atoms with Crippen LogP contribution < -0.4 is 5.32 Å². The van der Waals surface area contributed by atoms with Crippen LogP contribution in [0.2, 0.25) is 0 Å². The van der Waals surface area contributed by atoms with Crippen LogP contribution in [-0.2, 0) is 4.79 Å². The number of hydrogen-bond donors (Lipinski definition) is 1. The largest absolute Gasteiger partial charge is 0.339 e. The summed E-state index contributed by atoms with van der Waals surface area (Å²) in [5.41, 5.74) is 0. The molecule has 0 radical (unpaired) electrons. The fourth-order valence-corrected chi connectivity index (χ4v) is 3.31. The van der Waals surface area contributed by atoms with E-state index in [2.05, 4.69) is 24.1 Å². The van der Waals surface area contributed by atoms with Gasteiger partial charge in [0.2, 0.25) is 5.91 Å². The first-order valence-corrected chi connectivity index (χ1v) is 7.26. The molecule has 1 saturated carbocycles. The maximum Gasteiger partial charge on any atom is 0.239 e. The Morgan fingerprint density at radius 2 is 2.00 bits per heavy atom. The van der Waals surface area contributed by atoms with Gasteiger partial charge in [-0.3, -0.25) is 4.79 Å². The molecule has 3 heteroatoms. The van der Waals surface area contributed by atoms with Gasteiger partial charge in [0.25, 0.3) is 0 Å². The Kier molecular flexibility index (Phi) is 4.43. The lowest BCUT2D eigenvalue weighted by Crippen LogP contribution is -2.52. The molecule has 2 fully saturated rings. The van der Waals surface area contributed by atoms with Crippen molar-refractivity contribution in [1.29, 1.82) is 0 Å². The molecule has 2 unspecified atom stereocenters. The first-order valence-electron chi connectivity index (χ1n) is 7.26. The second-order valence-corrected chi connectivity index (χ2v) is 5.70. The zero-order valence-electron chi connectivity index (χ0n) is 11.2. The van der Waals surface area contributed by atoms with Gasteiger partial charge in [-0.25, -0.2) is 0 Å². The summed E-state index contributed by atoms with van der Waals surface area (Å²) in [4.78, 5) is 14.7. The Bertz CT molecular complexity index is 261. The molecule has 0 aromatic rings. The average molecular weight is 238 g/mol. The summed E-state index contributed by atoms with van der Waals surface area (Å²) < 4.78 is 0. The van der Waals surface area contributed by atoms with Crippen LogP contribution >= 0.6 is 0 Å². The number of hydrogen-bond acceptors (Lipinski definition) is 2. The monoisotopic (exact) mass is 238 g/mol. The highest BCUT2D eigenvalue weighted by Crippen LogP contribution is 2.25. The van der Waals surface area contributed by atoms with Crippen molar-refractivity contribution >= 4 is 5.91 Å². The van der Waals surface area contributed by atoms with Crippen LogP contribution in [0, 0.1) is 5.92 Å². The third kappa shape index (κ3) is 3.01. The lowest BCUT2D eigenvalue weighted by Gasteiger charge is -2.35.